The number of carbonyl (C=O) groups excluding carboxylic acids is 1. The molecule has 3 heteroatoms. The van der Waals surface area contributed by atoms with Gasteiger partial charge in [0.05, 0.1) is 5.92 Å². The van der Waals surface area contributed by atoms with Crippen LogP contribution in [0.5, 0.6) is 11.5 Å². The van der Waals surface area contributed by atoms with Crippen molar-refractivity contribution in [1.29, 1.82) is 0 Å². The molecule has 0 saturated carbocycles. The van der Waals surface area contributed by atoms with Gasteiger partial charge in [0, 0.05) is 0 Å². The van der Waals surface area contributed by atoms with Crippen LogP contribution in [0.1, 0.15) is 64.4 Å². The maximum absolute atomic E-state index is 12.4. The van der Waals surface area contributed by atoms with Gasteiger partial charge in [-0.2, -0.15) is 0 Å². The Morgan fingerprint density at radius 2 is 1.48 bits per heavy atom. The lowest BCUT2D eigenvalue weighted by Crippen LogP contribution is -2.18. The number of para-hydroxylation sites is 2. The molecule has 0 amide bonds. The molecule has 0 aliphatic rings. The molecule has 2 rings (SSSR count). The van der Waals surface area contributed by atoms with Gasteiger partial charge in [0.25, 0.3) is 0 Å². The summed E-state index contributed by atoms with van der Waals surface area (Å²) in [5.41, 5.74) is 1.08. The molecule has 146 valence electrons. The van der Waals surface area contributed by atoms with Crippen LogP contribution < -0.4 is 9.47 Å². The summed E-state index contributed by atoms with van der Waals surface area (Å²) in [6, 6.07) is 17.3. The molecule has 0 N–H and O–H groups in total. The summed E-state index contributed by atoms with van der Waals surface area (Å²) in [7, 11) is 0. The van der Waals surface area contributed by atoms with E-state index in [1.165, 1.54) is 32.1 Å². The molecule has 0 saturated heterocycles. The highest BCUT2D eigenvalue weighted by Gasteiger charge is 2.17. The first-order valence-corrected chi connectivity index (χ1v) is 10.2. The van der Waals surface area contributed by atoms with Crippen molar-refractivity contribution in [3.05, 3.63) is 60.2 Å². The van der Waals surface area contributed by atoms with E-state index < -0.39 is 0 Å². The second kappa shape index (κ2) is 12.2. The zero-order chi connectivity index (χ0) is 19.3. The minimum Gasteiger partial charge on any atom is -0.485 e. The van der Waals surface area contributed by atoms with Gasteiger partial charge in [-0.05, 0) is 24.1 Å². The van der Waals surface area contributed by atoms with E-state index in [4.69, 9.17) is 9.47 Å². The second-order valence-corrected chi connectivity index (χ2v) is 7.10. The summed E-state index contributed by atoms with van der Waals surface area (Å²) in [5.74, 6) is 0.812. The van der Waals surface area contributed by atoms with Crippen molar-refractivity contribution >= 4 is 5.97 Å². The molecule has 0 radical (unpaired) electrons. The molecule has 2 aromatic rings. The van der Waals surface area contributed by atoms with Gasteiger partial charge in [-0.1, -0.05) is 94.8 Å². The number of benzene rings is 2. The fourth-order valence-electron chi connectivity index (χ4n) is 2.95. The van der Waals surface area contributed by atoms with Crippen molar-refractivity contribution in [3.8, 4) is 11.5 Å². The fraction of sp³-hybridized carbons (Fsp3) is 0.458. The van der Waals surface area contributed by atoms with Crippen molar-refractivity contribution in [1.82, 2.24) is 0 Å². The van der Waals surface area contributed by atoms with Gasteiger partial charge in [-0.3, -0.25) is 4.79 Å². The minimum absolute atomic E-state index is 0.0987. The first-order chi connectivity index (χ1) is 13.2. The lowest BCUT2D eigenvalue weighted by molar-refractivity contribution is -0.138. The number of carbonyl (C=O) groups is 1. The number of rotatable bonds is 12. The normalized spacial score (nSPS) is 11.8. The van der Waals surface area contributed by atoms with E-state index in [2.05, 4.69) is 6.92 Å². The molecule has 27 heavy (non-hydrogen) atoms. The first-order valence-electron chi connectivity index (χ1n) is 10.2. The predicted octanol–water partition coefficient (Wildman–Crippen LogP) is 6.56. The number of esters is 1. The summed E-state index contributed by atoms with van der Waals surface area (Å²) < 4.78 is 11.5. The first kappa shape index (κ1) is 21.0. The molecule has 0 spiro atoms. The van der Waals surface area contributed by atoms with Crippen molar-refractivity contribution in [3.63, 3.8) is 0 Å². The SMILES string of the molecule is CCCCCCCC[C@H](C)C(=O)Oc1ccccc1OCc1ccccc1. The zero-order valence-corrected chi connectivity index (χ0v) is 16.7. The highest BCUT2D eigenvalue weighted by Crippen LogP contribution is 2.28. The molecule has 0 fully saturated rings. The van der Waals surface area contributed by atoms with Crippen LogP contribution in [-0.4, -0.2) is 5.97 Å². The van der Waals surface area contributed by atoms with Crippen molar-refractivity contribution in [2.75, 3.05) is 0 Å². The van der Waals surface area contributed by atoms with E-state index in [9.17, 15) is 4.79 Å². The molecule has 2 aromatic carbocycles. The van der Waals surface area contributed by atoms with E-state index in [1.54, 1.807) is 6.07 Å². The molecule has 3 nitrogen and oxygen atoms in total. The van der Waals surface area contributed by atoms with Gasteiger partial charge in [0.15, 0.2) is 11.5 Å². The van der Waals surface area contributed by atoms with Crippen LogP contribution in [-0.2, 0) is 11.4 Å². The van der Waals surface area contributed by atoms with E-state index in [0.29, 0.717) is 18.1 Å². The van der Waals surface area contributed by atoms with E-state index in [1.807, 2.05) is 55.5 Å². The lowest BCUT2D eigenvalue weighted by Gasteiger charge is -2.14. The fourth-order valence-corrected chi connectivity index (χ4v) is 2.95. The van der Waals surface area contributed by atoms with Crippen molar-refractivity contribution < 1.29 is 14.3 Å². The third kappa shape index (κ3) is 7.86. The summed E-state index contributed by atoms with van der Waals surface area (Å²) in [6.07, 6.45) is 8.25. The Balaban J connectivity index is 1.80. The van der Waals surface area contributed by atoms with Gasteiger partial charge in [0.2, 0.25) is 0 Å². The van der Waals surface area contributed by atoms with Crippen LogP contribution in [0.4, 0.5) is 0 Å². The summed E-state index contributed by atoms with van der Waals surface area (Å²) in [4.78, 5) is 12.4. The number of ether oxygens (including phenoxy) is 2. The van der Waals surface area contributed by atoms with Gasteiger partial charge >= 0.3 is 5.97 Å². The standard InChI is InChI=1S/C24H32O3/c1-3-4-5-6-7-9-14-20(2)24(25)27-23-18-13-12-17-22(23)26-19-21-15-10-8-11-16-21/h8,10-13,15-18,20H,3-7,9,14,19H2,1-2H3/t20-/m0/s1. The topological polar surface area (TPSA) is 35.5 Å². The highest BCUT2D eigenvalue weighted by molar-refractivity contribution is 5.75. The third-order valence-corrected chi connectivity index (χ3v) is 4.69. The smallest absolute Gasteiger partial charge is 0.314 e. The molecule has 0 aliphatic heterocycles. The molecule has 0 aromatic heterocycles. The molecule has 0 heterocycles. The molecule has 0 bridgehead atoms. The lowest BCUT2D eigenvalue weighted by atomic mass is 10.0. The van der Waals surface area contributed by atoms with Crippen LogP contribution in [0.25, 0.3) is 0 Å². The van der Waals surface area contributed by atoms with E-state index in [-0.39, 0.29) is 11.9 Å². The largest absolute Gasteiger partial charge is 0.485 e. The van der Waals surface area contributed by atoms with Crippen LogP contribution >= 0.6 is 0 Å². The van der Waals surface area contributed by atoms with Crippen LogP contribution in [0.3, 0.4) is 0 Å². The summed E-state index contributed by atoms with van der Waals surface area (Å²) in [5, 5.41) is 0. The highest BCUT2D eigenvalue weighted by atomic mass is 16.6. The Morgan fingerprint density at radius 3 is 2.22 bits per heavy atom. The quantitative estimate of drug-likeness (QED) is 0.242. The Kier molecular flexibility index (Phi) is 9.47. The Morgan fingerprint density at radius 1 is 0.852 bits per heavy atom. The number of hydrogen-bond acceptors (Lipinski definition) is 3. The number of hydrogen-bond donors (Lipinski definition) is 0. The monoisotopic (exact) mass is 368 g/mol. The molecule has 0 unspecified atom stereocenters. The molecule has 0 aliphatic carbocycles. The maximum atomic E-state index is 12.4. The minimum atomic E-state index is -0.181. The van der Waals surface area contributed by atoms with E-state index >= 15 is 0 Å². The van der Waals surface area contributed by atoms with Gasteiger partial charge in [-0.25, -0.2) is 0 Å². The Hall–Kier alpha value is -2.29. The maximum Gasteiger partial charge on any atom is 0.314 e. The van der Waals surface area contributed by atoms with Crippen LogP contribution in [0.2, 0.25) is 0 Å². The average Bonchev–Trinajstić information content (AvgIpc) is 2.70. The average molecular weight is 369 g/mol. The second-order valence-electron chi connectivity index (χ2n) is 7.10. The Labute approximate surface area is 163 Å². The predicted molar refractivity (Wildman–Crippen MR) is 110 cm³/mol. The summed E-state index contributed by atoms with van der Waals surface area (Å²) in [6.45, 7) is 4.62. The number of unbranched alkanes of at least 4 members (excludes halogenated alkanes) is 5. The van der Waals surface area contributed by atoms with E-state index in [0.717, 1.165) is 18.4 Å². The van der Waals surface area contributed by atoms with Crippen LogP contribution in [0.15, 0.2) is 54.6 Å². The molecular weight excluding hydrogens is 336 g/mol. The van der Waals surface area contributed by atoms with Crippen LogP contribution in [0, 0.1) is 5.92 Å². The van der Waals surface area contributed by atoms with Crippen molar-refractivity contribution in [2.45, 2.75) is 65.4 Å². The van der Waals surface area contributed by atoms with Gasteiger partial charge in [0.1, 0.15) is 6.61 Å². The molecule has 1 atom stereocenters. The Bertz CT molecular complexity index is 666. The zero-order valence-electron chi connectivity index (χ0n) is 16.7. The third-order valence-electron chi connectivity index (χ3n) is 4.69. The van der Waals surface area contributed by atoms with Gasteiger partial charge < -0.3 is 9.47 Å². The molecular formula is C24H32O3. The van der Waals surface area contributed by atoms with Crippen molar-refractivity contribution in [2.24, 2.45) is 5.92 Å². The summed E-state index contributed by atoms with van der Waals surface area (Å²) >= 11 is 0. The van der Waals surface area contributed by atoms with Gasteiger partial charge in [-0.15, -0.1) is 0 Å².